The van der Waals surface area contributed by atoms with Crippen LogP contribution in [-0.2, 0) is 38.1 Å². The van der Waals surface area contributed by atoms with Crippen LogP contribution in [0, 0.1) is 22.7 Å². The molecule has 3 amide bonds. The highest BCUT2D eigenvalue weighted by Crippen LogP contribution is 2.59. The van der Waals surface area contributed by atoms with Gasteiger partial charge < -0.3 is 11.1 Å². The quantitative estimate of drug-likeness (QED) is 0.267. The fourth-order valence-electron chi connectivity index (χ4n) is 10.2. The fraction of sp³-hybridized carbons (Fsp3) is 0.595. The van der Waals surface area contributed by atoms with Gasteiger partial charge in [-0.05, 0) is 121 Å². The molecule has 230 valence electrons. The minimum absolute atomic E-state index is 0.000984. The summed E-state index contributed by atoms with van der Waals surface area (Å²) in [5, 5.41) is 6.08. The molecule has 0 saturated heterocycles. The molecule has 0 heterocycles. The monoisotopic (exact) mass is 583 g/mol. The molecule has 2 fully saturated rings. The average molecular weight is 584 g/mol. The maximum absolute atomic E-state index is 14.4. The van der Waals surface area contributed by atoms with E-state index in [4.69, 9.17) is 5.73 Å². The van der Waals surface area contributed by atoms with Gasteiger partial charge >= 0.3 is 0 Å². The number of rotatable bonds is 4. The van der Waals surface area contributed by atoms with E-state index in [2.05, 4.69) is 62.6 Å². The molecule has 0 spiro atoms. The first-order valence-electron chi connectivity index (χ1n) is 16.5. The number of hydrogen-bond donors (Lipinski definition) is 3. The molecular weight excluding hydrogens is 534 g/mol. The third kappa shape index (κ3) is 4.62. The summed E-state index contributed by atoms with van der Waals surface area (Å²) in [6, 6.07) is 12.6. The lowest BCUT2D eigenvalue weighted by Crippen LogP contribution is -2.60. The van der Waals surface area contributed by atoms with Crippen LogP contribution in [0.25, 0.3) is 0 Å². The zero-order valence-corrected chi connectivity index (χ0v) is 26.7. The molecular formula is C37H49N3O3. The Balaban J connectivity index is 1.26. The van der Waals surface area contributed by atoms with E-state index in [9.17, 15) is 14.4 Å². The second-order valence-corrected chi connectivity index (χ2v) is 15.0. The van der Waals surface area contributed by atoms with Crippen molar-refractivity contribution in [2.45, 2.75) is 116 Å². The van der Waals surface area contributed by atoms with E-state index in [1.54, 1.807) is 0 Å². The molecule has 6 heteroatoms. The highest BCUT2D eigenvalue weighted by Gasteiger charge is 2.58. The first-order valence-corrected chi connectivity index (χ1v) is 16.5. The normalized spacial score (nSPS) is 34.5. The Bertz CT molecular complexity index is 1480. The van der Waals surface area contributed by atoms with Crippen LogP contribution >= 0.6 is 0 Å². The highest BCUT2D eigenvalue weighted by atomic mass is 16.2. The molecule has 4 aliphatic carbocycles. The third-order valence-corrected chi connectivity index (χ3v) is 12.6. The largest absolute Gasteiger partial charge is 0.399 e. The number of hydrogen-bond acceptors (Lipinski definition) is 4. The molecule has 2 aromatic carbocycles. The van der Waals surface area contributed by atoms with Gasteiger partial charge in [0.1, 0.15) is 0 Å². The fourth-order valence-corrected chi connectivity index (χ4v) is 10.2. The van der Waals surface area contributed by atoms with E-state index in [0.29, 0.717) is 6.42 Å². The van der Waals surface area contributed by atoms with Crippen LogP contribution in [0.15, 0.2) is 36.4 Å². The maximum atomic E-state index is 14.4. The van der Waals surface area contributed by atoms with Gasteiger partial charge in [0.2, 0.25) is 17.7 Å². The van der Waals surface area contributed by atoms with Gasteiger partial charge in [-0.3, -0.25) is 19.7 Å². The van der Waals surface area contributed by atoms with Crippen LogP contribution in [0.1, 0.15) is 115 Å². The van der Waals surface area contributed by atoms with Crippen molar-refractivity contribution < 1.29 is 14.4 Å². The molecule has 4 N–H and O–H groups in total. The first kappa shape index (κ1) is 29.9. The number of aryl methyl sites for hydroxylation is 2. The topological polar surface area (TPSA) is 101 Å². The van der Waals surface area contributed by atoms with Crippen LogP contribution in [0.4, 0.5) is 11.4 Å². The minimum atomic E-state index is -0.648. The van der Waals surface area contributed by atoms with Gasteiger partial charge in [0.25, 0.3) is 0 Å². The second kappa shape index (κ2) is 10.5. The summed E-state index contributed by atoms with van der Waals surface area (Å²) in [6.07, 6.45) is 9.59. The summed E-state index contributed by atoms with van der Waals surface area (Å²) in [7, 11) is 0. The Morgan fingerprint density at radius 1 is 0.767 bits per heavy atom. The Hall–Kier alpha value is -3.15. The molecule has 0 aliphatic heterocycles. The number of carbonyl (C=O) groups excluding carboxylic acids is 3. The number of anilines is 2. The van der Waals surface area contributed by atoms with Gasteiger partial charge in [-0.25, -0.2) is 0 Å². The number of nitrogens with two attached hydrogens (primary N) is 1. The second-order valence-electron chi connectivity index (χ2n) is 15.0. The van der Waals surface area contributed by atoms with Gasteiger partial charge in [-0.1, -0.05) is 59.6 Å². The van der Waals surface area contributed by atoms with E-state index in [0.717, 1.165) is 75.6 Å². The Morgan fingerprint density at radius 3 is 1.81 bits per heavy atom. The van der Waals surface area contributed by atoms with E-state index in [-0.39, 0.29) is 40.4 Å². The number of carbonyl (C=O) groups is 3. The van der Waals surface area contributed by atoms with Crippen molar-refractivity contribution in [3.8, 4) is 0 Å². The zero-order valence-electron chi connectivity index (χ0n) is 26.7. The standard InChI is InChI=1S/C37H49N3O3/c1-6-31(41)39-26-14-10-24-12-16-30-35(3,28(24)22-26)18-8-20-37(30,5)33(43)40-32(42)36(4)19-7-17-34(2)27-21-25(38)13-9-23(27)11-15-29(34)36/h9-10,13-14,21-22,29-30H,6-8,11-12,15-20,38H2,1-5H3,(H,39,41)(H,40,42,43)/t29?,30?,34-,35-,36+,37+/m1/s1. The van der Waals surface area contributed by atoms with Gasteiger partial charge in [0.15, 0.2) is 0 Å². The Labute approximate surface area is 257 Å². The zero-order chi connectivity index (χ0) is 30.8. The maximum Gasteiger partial charge on any atom is 0.232 e. The minimum Gasteiger partial charge on any atom is -0.399 e. The smallest absolute Gasteiger partial charge is 0.232 e. The summed E-state index contributed by atoms with van der Waals surface area (Å²) in [4.78, 5) is 40.8. The first-order chi connectivity index (χ1) is 20.3. The van der Waals surface area contributed by atoms with Crippen LogP contribution < -0.4 is 16.4 Å². The van der Waals surface area contributed by atoms with Crippen LogP contribution in [0.5, 0.6) is 0 Å². The number of nitrogens with one attached hydrogen (secondary N) is 2. The predicted molar refractivity (Wildman–Crippen MR) is 172 cm³/mol. The molecule has 0 aromatic heterocycles. The molecule has 6 atom stereocenters. The van der Waals surface area contributed by atoms with Crippen molar-refractivity contribution in [1.82, 2.24) is 5.32 Å². The van der Waals surface area contributed by atoms with E-state index >= 15 is 0 Å². The van der Waals surface area contributed by atoms with Gasteiger partial charge in [-0.2, -0.15) is 0 Å². The SMILES string of the molecule is CCC(=O)Nc1ccc2c(c1)[C@@]1(C)CCC[C@](C)(C(=O)NC(=O)[C@@]3(C)CCC[C@]4(C)c5cc(N)ccc5CCC34)C1CC2. The van der Waals surface area contributed by atoms with Crippen molar-refractivity contribution >= 4 is 29.1 Å². The molecule has 0 radical (unpaired) electrons. The summed E-state index contributed by atoms with van der Waals surface area (Å²) in [6.45, 7) is 10.7. The summed E-state index contributed by atoms with van der Waals surface area (Å²) < 4.78 is 0. The lowest BCUT2D eigenvalue weighted by molar-refractivity contribution is -0.150. The van der Waals surface area contributed by atoms with Crippen molar-refractivity contribution in [2.75, 3.05) is 11.1 Å². The average Bonchev–Trinajstić information content (AvgIpc) is 2.97. The van der Waals surface area contributed by atoms with Crippen LogP contribution in [-0.4, -0.2) is 17.7 Å². The van der Waals surface area contributed by atoms with E-state index < -0.39 is 10.8 Å². The van der Waals surface area contributed by atoms with Crippen molar-refractivity contribution in [2.24, 2.45) is 22.7 Å². The molecule has 2 aromatic rings. The van der Waals surface area contributed by atoms with E-state index in [1.807, 2.05) is 19.1 Å². The van der Waals surface area contributed by atoms with Crippen LogP contribution in [0.2, 0.25) is 0 Å². The predicted octanol–water partition coefficient (Wildman–Crippen LogP) is 6.98. The van der Waals surface area contributed by atoms with Crippen molar-refractivity contribution in [3.63, 3.8) is 0 Å². The summed E-state index contributed by atoms with van der Waals surface area (Å²) in [5.74, 6) is 0.0520. The number of benzene rings is 2. The molecule has 6 nitrogen and oxygen atoms in total. The van der Waals surface area contributed by atoms with Crippen molar-refractivity contribution in [1.29, 1.82) is 0 Å². The lowest BCUT2D eigenvalue weighted by Gasteiger charge is -2.56. The molecule has 6 rings (SSSR count). The molecule has 4 aliphatic rings. The lowest BCUT2D eigenvalue weighted by atomic mass is 9.49. The van der Waals surface area contributed by atoms with Gasteiger partial charge in [-0.15, -0.1) is 0 Å². The van der Waals surface area contributed by atoms with Crippen molar-refractivity contribution in [3.05, 3.63) is 58.7 Å². The Morgan fingerprint density at radius 2 is 1.28 bits per heavy atom. The number of nitrogen functional groups attached to an aromatic ring is 1. The van der Waals surface area contributed by atoms with Crippen LogP contribution in [0.3, 0.4) is 0 Å². The molecule has 2 unspecified atom stereocenters. The number of fused-ring (bicyclic) bond motifs is 6. The highest BCUT2D eigenvalue weighted by molar-refractivity contribution is 6.01. The molecule has 2 saturated carbocycles. The van der Waals surface area contributed by atoms with Gasteiger partial charge in [0.05, 0.1) is 10.8 Å². The summed E-state index contributed by atoms with van der Waals surface area (Å²) >= 11 is 0. The number of amides is 3. The summed E-state index contributed by atoms with van der Waals surface area (Å²) in [5.41, 5.74) is 11.4. The Kier molecular flexibility index (Phi) is 7.29. The third-order valence-electron chi connectivity index (χ3n) is 12.6. The van der Waals surface area contributed by atoms with E-state index in [1.165, 1.54) is 22.3 Å². The van der Waals surface area contributed by atoms with Gasteiger partial charge in [0, 0.05) is 17.8 Å². The molecule has 43 heavy (non-hydrogen) atoms. The number of imide groups is 1. The molecule has 0 bridgehead atoms.